The third kappa shape index (κ3) is 2.31. The molecule has 0 amide bonds. The molecule has 1 atom stereocenters. The molecule has 2 aromatic rings. The van der Waals surface area contributed by atoms with E-state index < -0.39 is 6.10 Å². The maximum absolute atomic E-state index is 10.1. The van der Waals surface area contributed by atoms with Crippen LogP contribution in [0.15, 0.2) is 12.4 Å². The molecule has 0 aliphatic heterocycles. The Morgan fingerprint density at radius 3 is 2.75 bits per heavy atom. The molecule has 0 aliphatic carbocycles. The summed E-state index contributed by atoms with van der Waals surface area (Å²) in [5, 5.41) is 15.2. The number of thiazole rings is 1. The quantitative estimate of drug-likeness (QED) is 0.885. The Morgan fingerprint density at radius 1 is 1.50 bits per heavy atom. The average Bonchev–Trinajstić information content (AvgIpc) is 2.73. The van der Waals surface area contributed by atoms with E-state index in [1.54, 1.807) is 22.2 Å². The standard InChI is InChI=1S/C11H15N3OS/c1-7-11(16-8(2)13-7)10(15)4-9-5-12-14(3)6-9/h5-6,10,15H,4H2,1-3H3. The van der Waals surface area contributed by atoms with Crippen molar-refractivity contribution < 1.29 is 5.11 Å². The molecule has 1 unspecified atom stereocenters. The van der Waals surface area contributed by atoms with Crippen LogP contribution in [-0.2, 0) is 13.5 Å². The van der Waals surface area contributed by atoms with E-state index in [1.807, 2.05) is 27.1 Å². The van der Waals surface area contributed by atoms with E-state index in [0.717, 1.165) is 21.1 Å². The minimum atomic E-state index is -0.476. The molecule has 2 rings (SSSR count). The van der Waals surface area contributed by atoms with Gasteiger partial charge >= 0.3 is 0 Å². The van der Waals surface area contributed by atoms with Crippen molar-refractivity contribution >= 4 is 11.3 Å². The molecule has 2 aromatic heterocycles. The number of hydrogen-bond donors (Lipinski definition) is 1. The fourth-order valence-corrected chi connectivity index (χ4v) is 2.66. The lowest BCUT2D eigenvalue weighted by Gasteiger charge is -2.07. The van der Waals surface area contributed by atoms with Crippen molar-refractivity contribution in [3.8, 4) is 0 Å². The minimum absolute atomic E-state index is 0.476. The first-order chi connectivity index (χ1) is 7.56. The van der Waals surface area contributed by atoms with Crippen LogP contribution in [0.5, 0.6) is 0 Å². The zero-order valence-electron chi connectivity index (χ0n) is 9.64. The summed E-state index contributed by atoms with van der Waals surface area (Å²) >= 11 is 1.56. The van der Waals surface area contributed by atoms with Gasteiger partial charge in [-0.3, -0.25) is 4.68 Å². The number of aliphatic hydroxyl groups excluding tert-OH is 1. The molecular weight excluding hydrogens is 222 g/mol. The van der Waals surface area contributed by atoms with Crippen molar-refractivity contribution in [2.75, 3.05) is 0 Å². The predicted molar refractivity (Wildman–Crippen MR) is 63.5 cm³/mol. The van der Waals surface area contributed by atoms with E-state index in [2.05, 4.69) is 10.1 Å². The normalized spacial score (nSPS) is 13.0. The van der Waals surface area contributed by atoms with Crippen molar-refractivity contribution in [1.82, 2.24) is 14.8 Å². The lowest BCUT2D eigenvalue weighted by Crippen LogP contribution is -2.00. The zero-order chi connectivity index (χ0) is 11.7. The van der Waals surface area contributed by atoms with Gasteiger partial charge in [-0.05, 0) is 19.4 Å². The van der Waals surface area contributed by atoms with Crippen LogP contribution in [0, 0.1) is 13.8 Å². The number of aryl methyl sites for hydroxylation is 3. The van der Waals surface area contributed by atoms with Gasteiger partial charge in [-0.1, -0.05) is 0 Å². The van der Waals surface area contributed by atoms with Crippen LogP contribution in [0.25, 0.3) is 0 Å². The van der Waals surface area contributed by atoms with Crippen molar-refractivity contribution in [1.29, 1.82) is 0 Å². The second-order valence-corrected chi connectivity index (χ2v) is 5.16. The highest BCUT2D eigenvalue weighted by Gasteiger charge is 2.15. The van der Waals surface area contributed by atoms with E-state index in [0.29, 0.717) is 6.42 Å². The Morgan fingerprint density at radius 2 is 2.25 bits per heavy atom. The van der Waals surface area contributed by atoms with Gasteiger partial charge in [0.15, 0.2) is 0 Å². The van der Waals surface area contributed by atoms with Crippen molar-refractivity contribution in [3.05, 3.63) is 33.5 Å². The van der Waals surface area contributed by atoms with Crippen LogP contribution in [0.1, 0.15) is 27.2 Å². The van der Waals surface area contributed by atoms with E-state index >= 15 is 0 Å². The molecule has 86 valence electrons. The Labute approximate surface area is 98.6 Å². The second-order valence-electron chi connectivity index (χ2n) is 3.92. The largest absolute Gasteiger partial charge is 0.387 e. The third-order valence-corrected chi connectivity index (χ3v) is 3.60. The first kappa shape index (κ1) is 11.3. The van der Waals surface area contributed by atoms with Crippen LogP contribution in [-0.4, -0.2) is 19.9 Å². The summed E-state index contributed by atoms with van der Waals surface area (Å²) in [6.45, 7) is 3.89. The van der Waals surface area contributed by atoms with Gasteiger partial charge in [0.05, 0.1) is 27.9 Å². The Hall–Kier alpha value is -1.20. The second kappa shape index (κ2) is 4.35. The first-order valence-electron chi connectivity index (χ1n) is 5.16. The first-order valence-corrected chi connectivity index (χ1v) is 5.97. The SMILES string of the molecule is Cc1nc(C)c(C(O)Cc2cnn(C)c2)s1. The monoisotopic (exact) mass is 237 g/mol. The van der Waals surface area contributed by atoms with Crippen LogP contribution in [0.4, 0.5) is 0 Å². The molecule has 0 spiro atoms. The van der Waals surface area contributed by atoms with Gasteiger partial charge in [0.1, 0.15) is 0 Å². The maximum Gasteiger partial charge on any atom is 0.0942 e. The van der Waals surface area contributed by atoms with Crippen LogP contribution in [0.3, 0.4) is 0 Å². The Bertz CT molecular complexity index is 489. The van der Waals surface area contributed by atoms with Crippen molar-refractivity contribution in [3.63, 3.8) is 0 Å². The summed E-state index contributed by atoms with van der Waals surface area (Å²) < 4.78 is 1.74. The molecule has 16 heavy (non-hydrogen) atoms. The summed E-state index contributed by atoms with van der Waals surface area (Å²) in [7, 11) is 1.87. The molecule has 0 saturated heterocycles. The Balaban J connectivity index is 2.14. The molecule has 0 radical (unpaired) electrons. The van der Waals surface area contributed by atoms with Gasteiger partial charge in [-0.25, -0.2) is 4.98 Å². The summed E-state index contributed by atoms with van der Waals surface area (Å²) in [5.41, 5.74) is 1.97. The molecular formula is C11H15N3OS. The Kier molecular flexibility index (Phi) is 3.07. The molecule has 0 saturated carbocycles. The molecule has 2 heterocycles. The summed E-state index contributed by atoms with van der Waals surface area (Å²) in [4.78, 5) is 5.28. The highest BCUT2D eigenvalue weighted by atomic mass is 32.1. The van der Waals surface area contributed by atoms with Gasteiger partial charge in [-0.2, -0.15) is 5.10 Å². The fourth-order valence-electron chi connectivity index (χ4n) is 1.75. The van der Waals surface area contributed by atoms with Gasteiger partial charge in [0.2, 0.25) is 0 Å². The average molecular weight is 237 g/mol. The summed E-state index contributed by atoms with van der Waals surface area (Å²) in [6, 6.07) is 0. The van der Waals surface area contributed by atoms with Gasteiger partial charge in [0.25, 0.3) is 0 Å². The van der Waals surface area contributed by atoms with Crippen molar-refractivity contribution in [2.24, 2.45) is 7.05 Å². The lowest BCUT2D eigenvalue weighted by atomic mass is 10.1. The van der Waals surface area contributed by atoms with E-state index in [1.165, 1.54) is 0 Å². The van der Waals surface area contributed by atoms with Gasteiger partial charge in [0, 0.05) is 19.7 Å². The number of rotatable bonds is 3. The van der Waals surface area contributed by atoms with Gasteiger partial charge in [-0.15, -0.1) is 11.3 Å². The van der Waals surface area contributed by atoms with E-state index in [-0.39, 0.29) is 0 Å². The van der Waals surface area contributed by atoms with Gasteiger partial charge < -0.3 is 5.11 Å². The zero-order valence-corrected chi connectivity index (χ0v) is 10.5. The molecule has 4 nitrogen and oxygen atoms in total. The summed E-state index contributed by atoms with van der Waals surface area (Å²) in [5.74, 6) is 0. The number of aliphatic hydroxyl groups is 1. The number of nitrogens with zero attached hydrogens (tertiary/aromatic N) is 3. The summed E-state index contributed by atoms with van der Waals surface area (Å²) in [6.07, 6.45) is 3.82. The smallest absolute Gasteiger partial charge is 0.0942 e. The molecule has 1 N–H and O–H groups in total. The number of aromatic nitrogens is 3. The predicted octanol–water partition coefficient (Wildman–Crippen LogP) is 1.77. The highest BCUT2D eigenvalue weighted by Crippen LogP contribution is 2.27. The van der Waals surface area contributed by atoms with Crippen LogP contribution >= 0.6 is 11.3 Å². The maximum atomic E-state index is 10.1. The lowest BCUT2D eigenvalue weighted by molar-refractivity contribution is 0.181. The van der Waals surface area contributed by atoms with Crippen LogP contribution in [0.2, 0.25) is 0 Å². The van der Waals surface area contributed by atoms with Crippen LogP contribution < -0.4 is 0 Å². The molecule has 0 bridgehead atoms. The molecule has 0 fully saturated rings. The molecule has 5 heteroatoms. The minimum Gasteiger partial charge on any atom is -0.387 e. The topological polar surface area (TPSA) is 50.9 Å². The third-order valence-electron chi connectivity index (χ3n) is 2.43. The van der Waals surface area contributed by atoms with Crippen molar-refractivity contribution in [2.45, 2.75) is 26.4 Å². The molecule has 0 aliphatic rings. The molecule has 0 aromatic carbocycles. The van der Waals surface area contributed by atoms with E-state index in [9.17, 15) is 5.11 Å². The van der Waals surface area contributed by atoms with E-state index in [4.69, 9.17) is 0 Å². The fraction of sp³-hybridized carbons (Fsp3) is 0.455. The highest BCUT2D eigenvalue weighted by molar-refractivity contribution is 7.11. The number of hydrogen-bond acceptors (Lipinski definition) is 4.